The Bertz CT molecular complexity index is 571. The summed E-state index contributed by atoms with van der Waals surface area (Å²) >= 11 is 1.89. The van der Waals surface area contributed by atoms with Crippen molar-refractivity contribution >= 4 is 11.3 Å². The Kier molecular flexibility index (Phi) is 5.56. The molecule has 21 heavy (non-hydrogen) atoms. The predicted octanol–water partition coefficient (Wildman–Crippen LogP) is 2.66. The maximum Gasteiger partial charge on any atom is 0.0597 e. The summed E-state index contributed by atoms with van der Waals surface area (Å²) in [6.45, 7) is 8.31. The van der Waals surface area contributed by atoms with Crippen LogP contribution in [0.5, 0.6) is 0 Å². The zero-order chi connectivity index (χ0) is 15.4. The fourth-order valence-corrected chi connectivity index (χ4v) is 3.32. The van der Waals surface area contributed by atoms with Gasteiger partial charge in [0.05, 0.1) is 11.4 Å². The summed E-state index contributed by atoms with van der Waals surface area (Å²) in [5.41, 5.74) is 2.37. The molecule has 0 aliphatic heterocycles. The van der Waals surface area contributed by atoms with Crippen LogP contribution in [-0.4, -0.2) is 46.8 Å². The van der Waals surface area contributed by atoms with Gasteiger partial charge in [0.1, 0.15) is 0 Å². The highest BCUT2D eigenvalue weighted by Crippen LogP contribution is 2.18. The van der Waals surface area contributed by atoms with Gasteiger partial charge in [-0.15, -0.1) is 11.3 Å². The molecule has 0 fully saturated rings. The molecule has 5 heteroatoms. The number of hydrogen-bond donors (Lipinski definition) is 0. The van der Waals surface area contributed by atoms with Gasteiger partial charge in [0.25, 0.3) is 0 Å². The number of rotatable bonds is 7. The Balaban J connectivity index is 2.05. The minimum atomic E-state index is 0.947. The first-order valence-corrected chi connectivity index (χ1v) is 8.17. The Morgan fingerprint density at radius 1 is 1.14 bits per heavy atom. The summed E-state index contributed by atoms with van der Waals surface area (Å²) in [5, 5.41) is 4.45. The average molecular weight is 306 g/mol. The Labute approximate surface area is 132 Å². The molecule has 4 nitrogen and oxygen atoms in total. The lowest BCUT2D eigenvalue weighted by Gasteiger charge is -2.23. The molecule has 2 heterocycles. The first kappa shape index (κ1) is 16.2. The Morgan fingerprint density at radius 2 is 1.90 bits per heavy atom. The van der Waals surface area contributed by atoms with Crippen molar-refractivity contribution in [2.75, 3.05) is 27.2 Å². The van der Waals surface area contributed by atoms with Crippen molar-refractivity contribution < 1.29 is 0 Å². The van der Waals surface area contributed by atoms with Crippen LogP contribution >= 0.6 is 11.3 Å². The second kappa shape index (κ2) is 7.20. The molecule has 0 spiro atoms. The van der Waals surface area contributed by atoms with Crippen LogP contribution in [-0.2, 0) is 20.1 Å². The second-order valence-electron chi connectivity index (χ2n) is 5.93. The van der Waals surface area contributed by atoms with Gasteiger partial charge in [-0.05, 0) is 46.1 Å². The third kappa shape index (κ3) is 4.95. The van der Waals surface area contributed by atoms with Crippen LogP contribution in [0.1, 0.15) is 21.1 Å². The van der Waals surface area contributed by atoms with Crippen molar-refractivity contribution in [1.29, 1.82) is 0 Å². The number of nitrogens with zero attached hydrogens (tertiary/aromatic N) is 4. The summed E-state index contributed by atoms with van der Waals surface area (Å²) in [5.74, 6) is 0. The third-order valence-corrected chi connectivity index (χ3v) is 4.51. The molecular formula is C16H26N4S. The van der Waals surface area contributed by atoms with Gasteiger partial charge in [0, 0.05) is 43.0 Å². The van der Waals surface area contributed by atoms with E-state index in [0.29, 0.717) is 0 Å². The van der Waals surface area contributed by atoms with Gasteiger partial charge in [-0.25, -0.2) is 0 Å². The van der Waals surface area contributed by atoms with Crippen molar-refractivity contribution in [2.24, 2.45) is 7.05 Å². The molecule has 2 aromatic heterocycles. The van der Waals surface area contributed by atoms with Gasteiger partial charge in [0.15, 0.2) is 0 Å². The first-order chi connectivity index (χ1) is 9.94. The zero-order valence-corrected chi connectivity index (χ0v) is 14.6. The van der Waals surface area contributed by atoms with E-state index in [1.54, 1.807) is 0 Å². The summed E-state index contributed by atoms with van der Waals surface area (Å²) in [6.07, 6.45) is 0. The molecule has 0 aliphatic carbocycles. The van der Waals surface area contributed by atoms with Crippen molar-refractivity contribution in [3.8, 4) is 0 Å². The molecule has 0 aromatic carbocycles. The van der Waals surface area contributed by atoms with Gasteiger partial charge < -0.3 is 4.90 Å². The third-order valence-electron chi connectivity index (χ3n) is 3.52. The SMILES string of the molecule is Cc1cc(CN(CCN(C)C)Cc2ccc(C)s2)n(C)n1. The van der Waals surface area contributed by atoms with E-state index >= 15 is 0 Å². The molecule has 0 aliphatic rings. The van der Waals surface area contributed by atoms with E-state index < -0.39 is 0 Å². The smallest absolute Gasteiger partial charge is 0.0597 e. The summed E-state index contributed by atoms with van der Waals surface area (Å²) in [7, 11) is 6.28. The maximum absolute atomic E-state index is 4.45. The minimum Gasteiger partial charge on any atom is -0.308 e. The van der Waals surface area contributed by atoms with E-state index in [4.69, 9.17) is 0 Å². The predicted molar refractivity (Wildman–Crippen MR) is 89.7 cm³/mol. The quantitative estimate of drug-likeness (QED) is 0.786. The van der Waals surface area contributed by atoms with Gasteiger partial charge in [-0.1, -0.05) is 0 Å². The van der Waals surface area contributed by atoms with E-state index in [0.717, 1.165) is 31.9 Å². The molecule has 0 unspecified atom stereocenters. The topological polar surface area (TPSA) is 24.3 Å². The summed E-state index contributed by atoms with van der Waals surface area (Å²) in [4.78, 5) is 7.56. The van der Waals surface area contributed by atoms with Crippen LogP contribution in [0.15, 0.2) is 18.2 Å². The lowest BCUT2D eigenvalue weighted by atomic mass is 10.3. The van der Waals surface area contributed by atoms with Crippen LogP contribution in [0.4, 0.5) is 0 Å². The van der Waals surface area contributed by atoms with Crippen LogP contribution in [0.25, 0.3) is 0 Å². The zero-order valence-electron chi connectivity index (χ0n) is 13.8. The highest BCUT2D eigenvalue weighted by atomic mass is 32.1. The van der Waals surface area contributed by atoms with Gasteiger partial charge in [-0.2, -0.15) is 5.10 Å². The molecule has 0 N–H and O–H groups in total. The highest BCUT2D eigenvalue weighted by molar-refractivity contribution is 7.11. The number of aryl methyl sites for hydroxylation is 3. The lowest BCUT2D eigenvalue weighted by Crippen LogP contribution is -2.31. The number of likely N-dealkylation sites (N-methyl/N-ethyl adjacent to an activating group) is 1. The molecular weight excluding hydrogens is 280 g/mol. The largest absolute Gasteiger partial charge is 0.308 e. The van der Waals surface area contributed by atoms with Crippen molar-refractivity contribution in [3.05, 3.63) is 39.3 Å². The first-order valence-electron chi connectivity index (χ1n) is 7.36. The van der Waals surface area contributed by atoms with Crippen LogP contribution in [0, 0.1) is 13.8 Å². The molecule has 0 bridgehead atoms. The molecule has 0 amide bonds. The number of thiophene rings is 1. The number of aromatic nitrogens is 2. The van der Waals surface area contributed by atoms with Gasteiger partial charge in [-0.3, -0.25) is 9.58 Å². The maximum atomic E-state index is 4.45. The molecule has 2 aromatic rings. The summed E-state index contributed by atoms with van der Waals surface area (Å²) in [6, 6.07) is 6.64. The van der Waals surface area contributed by atoms with Crippen LogP contribution in [0.3, 0.4) is 0 Å². The average Bonchev–Trinajstić information content (AvgIpc) is 2.93. The van der Waals surface area contributed by atoms with E-state index in [9.17, 15) is 0 Å². The van der Waals surface area contributed by atoms with Crippen molar-refractivity contribution in [2.45, 2.75) is 26.9 Å². The molecule has 0 atom stereocenters. The molecule has 116 valence electrons. The van der Waals surface area contributed by atoms with E-state index in [1.165, 1.54) is 15.4 Å². The Hall–Kier alpha value is -1.17. The van der Waals surface area contributed by atoms with Crippen molar-refractivity contribution in [3.63, 3.8) is 0 Å². The van der Waals surface area contributed by atoms with Crippen LogP contribution in [0.2, 0.25) is 0 Å². The van der Waals surface area contributed by atoms with Crippen LogP contribution < -0.4 is 0 Å². The monoisotopic (exact) mass is 306 g/mol. The normalized spacial score (nSPS) is 11.8. The van der Waals surface area contributed by atoms with Gasteiger partial charge >= 0.3 is 0 Å². The summed E-state index contributed by atoms with van der Waals surface area (Å²) < 4.78 is 2.00. The number of hydrogen-bond acceptors (Lipinski definition) is 4. The molecule has 0 radical (unpaired) electrons. The highest BCUT2D eigenvalue weighted by Gasteiger charge is 2.12. The standard InChI is InChI=1S/C16H26N4S/c1-13-10-15(19(5)17-13)11-20(9-8-18(3)4)12-16-7-6-14(2)21-16/h6-7,10H,8-9,11-12H2,1-5H3. The van der Waals surface area contributed by atoms with E-state index in [1.807, 2.05) is 23.1 Å². The second-order valence-corrected chi connectivity index (χ2v) is 7.30. The Morgan fingerprint density at radius 3 is 2.43 bits per heavy atom. The van der Waals surface area contributed by atoms with E-state index in [2.05, 4.69) is 61.0 Å². The fourth-order valence-electron chi connectivity index (χ4n) is 2.39. The van der Waals surface area contributed by atoms with Crippen molar-refractivity contribution in [1.82, 2.24) is 19.6 Å². The molecule has 0 saturated carbocycles. The fraction of sp³-hybridized carbons (Fsp3) is 0.562. The molecule has 0 saturated heterocycles. The minimum absolute atomic E-state index is 0.947. The van der Waals surface area contributed by atoms with Gasteiger partial charge in [0.2, 0.25) is 0 Å². The lowest BCUT2D eigenvalue weighted by molar-refractivity contribution is 0.223. The molecule has 2 rings (SSSR count). The van der Waals surface area contributed by atoms with E-state index in [-0.39, 0.29) is 0 Å².